The molecule has 1 aliphatic heterocycles. The number of morpholine rings is 1. The van der Waals surface area contributed by atoms with Crippen LogP contribution in [0.2, 0.25) is 0 Å². The Balaban J connectivity index is 1.95. The van der Waals surface area contributed by atoms with Gasteiger partial charge in [-0.1, -0.05) is 13.8 Å². The van der Waals surface area contributed by atoms with Gasteiger partial charge < -0.3 is 15.0 Å². The molecule has 1 aromatic rings. The highest BCUT2D eigenvalue weighted by Crippen LogP contribution is 2.09. The lowest BCUT2D eigenvalue weighted by Crippen LogP contribution is -2.41. The SMILES string of the molecule is CC(C)CCNc1cc(C(=O)N2CCOCC2)ncn1. The Labute approximate surface area is 119 Å². The van der Waals surface area contributed by atoms with E-state index in [4.69, 9.17) is 4.74 Å². The fraction of sp³-hybridized carbons (Fsp3) is 0.643. The molecule has 2 heterocycles. The molecule has 0 radical (unpaired) electrons. The predicted molar refractivity (Wildman–Crippen MR) is 76.7 cm³/mol. The molecule has 1 N–H and O–H groups in total. The van der Waals surface area contributed by atoms with Gasteiger partial charge in [0, 0.05) is 25.7 Å². The van der Waals surface area contributed by atoms with Crippen LogP contribution in [0.1, 0.15) is 30.8 Å². The maximum absolute atomic E-state index is 12.3. The van der Waals surface area contributed by atoms with Gasteiger partial charge in [0.25, 0.3) is 5.91 Å². The Morgan fingerprint density at radius 1 is 1.40 bits per heavy atom. The summed E-state index contributed by atoms with van der Waals surface area (Å²) in [5, 5.41) is 3.23. The first-order valence-electron chi connectivity index (χ1n) is 7.10. The average Bonchev–Trinajstić information content (AvgIpc) is 2.47. The third-order valence-corrected chi connectivity index (χ3v) is 3.21. The molecule has 20 heavy (non-hydrogen) atoms. The Morgan fingerprint density at radius 2 is 2.15 bits per heavy atom. The van der Waals surface area contributed by atoms with E-state index in [1.807, 2.05) is 0 Å². The molecular formula is C14H22N4O2. The van der Waals surface area contributed by atoms with Crippen LogP contribution < -0.4 is 5.32 Å². The summed E-state index contributed by atoms with van der Waals surface area (Å²) in [4.78, 5) is 22.3. The molecule has 6 nitrogen and oxygen atoms in total. The van der Waals surface area contributed by atoms with Crippen molar-refractivity contribution in [3.63, 3.8) is 0 Å². The Hall–Kier alpha value is -1.69. The first-order chi connectivity index (χ1) is 9.66. The standard InChI is InChI=1S/C14H22N4O2/c1-11(2)3-4-15-13-9-12(16-10-17-13)14(19)18-5-7-20-8-6-18/h9-11H,3-8H2,1-2H3,(H,15,16,17). The predicted octanol–water partition coefficient (Wildman–Crippen LogP) is 1.41. The van der Waals surface area contributed by atoms with Crippen molar-refractivity contribution in [2.24, 2.45) is 5.92 Å². The zero-order chi connectivity index (χ0) is 14.4. The van der Waals surface area contributed by atoms with E-state index in [1.54, 1.807) is 11.0 Å². The smallest absolute Gasteiger partial charge is 0.272 e. The maximum atomic E-state index is 12.3. The van der Waals surface area contributed by atoms with Gasteiger partial charge in [0.2, 0.25) is 0 Å². The number of carbonyl (C=O) groups is 1. The van der Waals surface area contributed by atoms with Crippen LogP contribution in [-0.2, 0) is 4.74 Å². The van der Waals surface area contributed by atoms with Gasteiger partial charge in [-0.2, -0.15) is 0 Å². The zero-order valence-corrected chi connectivity index (χ0v) is 12.1. The number of aromatic nitrogens is 2. The van der Waals surface area contributed by atoms with Gasteiger partial charge in [0.05, 0.1) is 13.2 Å². The van der Waals surface area contributed by atoms with Crippen LogP contribution in [-0.4, -0.2) is 53.6 Å². The van der Waals surface area contributed by atoms with Crippen molar-refractivity contribution in [2.75, 3.05) is 38.2 Å². The fourth-order valence-electron chi connectivity index (χ4n) is 1.99. The first-order valence-corrected chi connectivity index (χ1v) is 7.10. The number of hydrogen-bond acceptors (Lipinski definition) is 5. The van der Waals surface area contributed by atoms with Crippen molar-refractivity contribution in [1.82, 2.24) is 14.9 Å². The normalized spacial score (nSPS) is 15.4. The number of amides is 1. The third kappa shape index (κ3) is 4.16. The number of carbonyl (C=O) groups excluding carboxylic acids is 1. The zero-order valence-electron chi connectivity index (χ0n) is 12.1. The highest BCUT2D eigenvalue weighted by molar-refractivity contribution is 5.92. The molecule has 1 fully saturated rings. The molecule has 1 amide bonds. The fourth-order valence-corrected chi connectivity index (χ4v) is 1.99. The molecule has 6 heteroatoms. The molecule has 2 rings (SSSR count). The molecule has 1 saturated heterocycles. The van der Waals surface area contributed by atoms with Crippen LogP contribution in [0.15, 0.2) is 12.4 Å². The number of anilines is 1. The topological polar surface area (TPSA) is 67.4 Å². The molecule has 1 aromatic heterocycles. The lowest BCUT2D eigenvalue weighted by Gasteiger charge is -2.26. The van der Waals surface area contributed by atoms with Gasteiger partial charge in [0.1, 0.15) is 17.8 Å². The Kier molecular flexibility index (Phi) is 5.29. The molecular weight excluding hydrogens is 256 g/mol. The van der Waals surface area contributed by atoms with Crippen LogP contribution in [0, 0.1) is 5.92 Å². The summed E-state index contributed by atoms with van der Waals surface area (Å²) in [6, 6.07) is 1.72. The number of ether oxygens (including phenoxy) is 1. The largest absolute Gasteiger partial charge is 0.378 e. The number of nitrogens with zero attached hydrogens (tertiary/aromatic N) is 3. The van der Waals surface area contributed by atoms with Crippen molar-refractivity contribution < 1.29 is 9.53 Å². The van der Waals surface area contributed by atoms with Crippen molar-refractivity contribution in [3.8, 4) is 0 Å². The second-order valence-electron chi connectivity index (χ2n) is 5.30. The quantitative estimate of drug-likeness (QED) is 0.882. The summed E-state index contributed by atoms with van der Waals surface area (Å²) in [5.41, 5.74) is 0.439. The lowest BCUT2D eigenvalue weighted by atomic mass is 10.1. The van der Waals surface area contributed by atoms with Crippen LogP contribution in [0.4, 0.5) is 5.82 Å². The van der Waals surface area contributed by atoms with E-state index in [1.165, 1.54) is 6.33 Å². The van der Waals surface area contributed by atoms with E-state index in [2.05, 4.69) is 29.1 Å². The second-order valence-corrected chi connectivity index (χ2v) is 5.30. The summed E-state index contributed by atoms with van der Waals surface area (Å²) in [6.45, 7) is 7.63. The van der Waals surface area contributed by atoms with E-state index in [9.17, 15) is 4.79 Å². The third-order valence-electron chi connectivity index (χ3n) is 3.21. The first kappa shape index (κ1) is 14.7. The van der Waals surface area contributed by atoms with Gasteiger partial charge in [-0.3, -0.25) is 4.79 Å². The summed E-state index contributed by atoms with van der Waals surface area (Å²) >= 11 is 0. The Bertz CT molecular complexity index is 445. The molecule has 1 aliphatic rings. The second kappa shape index (κ2) is 7.19. The van der Waals surface area contributed by atoms with Crippen molar-refractivity contribution in [1.29, 1.82) is 0 Å². The Morgan fingerprint density at radius 3 is 2.85 bits per heavy atom. The van der Waals surface area contributed by atoms with E-state index in [0.29, 0.717) is 43.7 Å². The van der Waals surface area contributed by atoms with Gasteiger partial charge in [-0.05, 0) is 12.3 Å². The van der Waals surface area contributed by atoms with Gasteiger partial charge in [0.15, 0.2) is 0 Å². The lowest BCUT2D eigenvalue weighted by molar-refractivity contribution is 0.0299. The number of rotatable bonds is 5. The number of hydrogen-bond donors (Lipinski definition) is 1. The summed E-state index contributed by atoms with van der Waals surface area (Å²) in [5.74, 6) is 1.29. The average molecular weight is 278 g/mol. The molecule has 0 aliphatic carbocycles. The van der Waals surface area contributed by atoms with E-state index < -0.39 is 0 Å². The van der Waals surface area contributed by atoms with Crippen molar-refractivity contribution in [2.45, 2.75) is 20.3 Å². The monoisotopic (exact) mass is 278 g/mol. The van der Waals surface area contributed by atoms with Gasteiger partial charge >= 0.3 is 0 Å². The van der Waals surface area contributed by atoms with E-state index >= 15 is 0 Å². The van der Waals surface area contributed by atoms with Crippen LogP contribution in [0.25, 0.3) is 0 Å². The van der Waals surface area contributed by atoms with Crippen LogP contribution in [0.3, 0.4) is 0 Å². The number of nitrogens with one attached hydrogen (secondary N) is 1. The minimum absolute atomic E-state index is 0.0531. The molecule has 0 spiro atoms. The van der Waals surface area contributed by atoms with Crippen molar-refractivity contribution >= 4 is 11.7 Å². The summed E-state index contributed by atoms with van der Waals surface area (Å²) in [6.07, 6.45) is 2.50. The molecule has 0 unspecified atom stereocenters. The van der Waals surface area contributed by atoms with Crippen LogP contribution in [0.5, 0.6) is 0 Å². The molecule has 0 saturated carbocycles. The highest BCUT2D eigenvalue weighted by Gasteiger charge is 2.19. The van der Waals surface area contributed by atoms with Crippen molar-refractivity contribution in [3.05, 3.63) is 18.1 Å². The highest BCUT2D eigenvalue weighted by atomic mass is 16.5. The maximum Gasteiger partial charge on any atom is 0.272 e. The van der Waals surface area contributed by atoms with E-state index in [-0.39, 0.29) is 5.91 Å². The van der Waals surface area contributed by atoms with E-state index in [0.717, 1.165) is 13.0 Å². The molecule has 110 valence electrons. The molecule has 0 aromatic carbocycles. The van der Waals surface area contributed by atoms with Crippen LogP contribution >= 0.6 is 0 Å². The minimum atomic E-state index is -0.0531. The summed E-state index contributed by atoms with van der Waals surface area (Å²) < 4.78 is 5.25. The van der Waals surface area contributed by atoms with Gasteiger partial charge in [-0.25, -0.2) is 9.97 Å². The molecule has 0 atom stereocenters. The summed E-state index contributed by atoms with van der Waals surface area (Å²) in [7, 11) is 0. The minimum Gasteiger partial charge on any atom is -0.378 e. The van der Waals surface area contributed by atoms with Gasteiger partial charge in [-0.15, -0.1) is 0 Å². The molecule has 0 bridgehead atoms.